The molecule has 0 bridgehead atoms. The first kappa shape index (κ1) is 30.9. The van der Waals surface area contributed by atoms with E-state index in [0.717, 1.165) is 36.2 Å². The predicted octanol–water partition coefficient (Wildman–Crippen LogP) is 8.13. The molecule has 2 rings (SSSR count). The van der Waals surface area contributed by atoms with E-state index in [2.05, 4.69) is 69.6 Å². The molecule has 206 valence electrons. The van der Waals surface area contributed by atoms with Crippen molar-refractivity contribution in [2.24, 2.45) is 0 Å². The Hall–Kier alpha value is -2.33. The first-order valence-corrected chi connectivity index (χ1v) is 14.6. The van der Waals surface area contributed by atoms with Gasteiger partial charge in [0.1, 0.15) is 12.3 Å². The summed E-state index contributed by atoms with van der Waals surface area (Å²) < 4.78 is 12.4. The topological polar surface area (TPSA) is 35.5 Å². The van der Waals surface area contributed by atoms with E-state index in [1.54, 1.807) is 0 Å². The lowest BCUT2D eigenvalue weighted by Gasteiger charge is -2.29. The summed E-state index contributed by atoms with van der Waals surface area (Å²) in [4.78, 5) is 12.2. The SMILES string of the molecule is CCCCCCCCCCc1ccc(OC(C)CCOC(=O)CCC[N+](C)(C)Cc2ccccc2)cc1. The van der Waals surface area contributed by atoms with Crippen molar-refractivity contribution in [2.45, 2.75) is 104 Å². The van der Waals surface area contributed by atoms with Crippen molar-refractivity contribution in [3.05, 3.63) is 65.7 Å². The van der Waals surface area contributed by atoms with Crippen LogP contribution >= 0.6 is 0 Å². The minimum Gasteiger partial charge on any atom is -0.491 e. The zero-order chi connectivity index (χ0) is 26.8. The van der Waals surface area contributed by atoms with E-state index in [1.165, 1.54) is 62.5 Å². The van der Waals surface area contributed by atoms with Crippen LogP contribution in [0.5, 0.6) is 5.75 Å². The number of carbonyl (C=O) groups excluding carboxylic acids is 1. The second-order valence-corrected chi connectivity index (χ2v) is 11.2. The summed E-state index contributed by atoms with van der Waals surface area (Å²) in [7, 11) is 4.42. The molecule has 4 nitrogen and oxygen atoms in total. The number of carbonyl (C=O) groups is 1. The maximum Gasteiger partial charge on any atom is 0.306 e. The third-order valence-electron chi connectivity index (χ3n) is 6.96. The van der Waals surface area contributed by atoms with E-state index < -0.39 is 0 Å². The lowest BCUT2D eigenvalue weighted by atomic mass is 10.0. The van der Waals surface area contributed by atoms with E-state index in [1.807, 2.05) is 13.0 Å². The van der Waals surface area contributed by atoms with Crippen molar-refractivity contribution in [2.75, 3.05) is 27.2 Å². The molecule has 0 aliphatic rings. The normalized spacial score (nSPS) is 12.3. The highest BCUT2D eigenvalue weighted by Gasteiger charge is 2.17. The molecule has 0 heterocycles. The summed E-state index contributed by atoms with van der Waals surface area (Å²) in [5, 5.41) is 0. The van der Waals surface area contributed by atoms with Gasteiger partial charge in [-0.3, -0.25) is 4.79 Å². The molecule has 0 aliphatic heterocycles. The molecule has 0 amide bonds. The van der Waals surface area contributed by atoms with Gasteiger partial charge < -0.3 is 14.0 Å². The number of aryl methyl sites for hydroxylation is 1. The largest absolute Gasteiger partial charge is 0.491 e. The van der Waals surface area contributed by atoms with Crippen LogP contribution in [0.4, 0.5) is 0 Å². The van der Waals surface area contributed by atoms with Gasteiger partial charge in [0.15, 0.2) is 0 Å². The smallest absolute Gasteiger partial charge is 0.306 e. The van der Waals surface area contributed by atoms with Crippen molar-refractivity contribution in [1.82, 2.24) is 0 Å². The van der Waals surface area contributed by atoms with Crippen molar-refractivity contribution >= 4 is 5.97 Å². The molecule has 0 saturated heterocycles. The minimum atomic E-state index is -0.114. The van der Waals surface area contributed by atoms with Crippen LogP contribution in [0.3, 0.4) is 0 Å². The average Bonchev–Trinajstić information content (AvgIpc) is 2.87. The zero-order valence-corrected chi connectivity index (χ0v) is 24.1. The summed E-state index contributed by atoms with van der Waals surface area (Å²) in [5.41, 5.74) is 2.70. The summed E-state index contributed by atoms with van der Waals surface area (Å²) in [6.07, 6.45) is 14.0. The fraction of sp³-hybridized carbons (Fsp3) is 0.606. The monoisotopic (exact) mass is 510 g/mol. The molecule has 37 heavy (non-hydrogen) atoms. The Balaban J connectivity index is 1.53. The molecule has 2 aromatic carbocycles. The third kappa shape index (κ3) is 14.9. The first-order valence-electron chi connectivity index (χ1n) is 14.6. The fourth-order valence-electron chi connectivity index (χ4n) is 4.71. The van der Waals surface area contributed by atoms with Crippen molar-refractivity contribution in [3.63, 3.8) is 0 Å². The van der Waals surface area contributed by atoms with Gasteiger partial charge in [0.05, 0.1) is 39.8 Å². The van der Waals surface area contributed by atoms with Gasteiger partial charge in [0.25, 0.3) is 0 Å². The number of rotatable bonds is 20. The molecular formula is C33H52NO3+. The maximum absolute atomic E-state index is 12.2. The quantitative estimate of drug-likeness (QED) is 0.102. The molecule has 0 saturated carbocycles. The number of ether oxygens (including phenoxy) is 2. The second-order valence-electron chi connectivity index (χ2n) is 11.2. The Bertz CT molecular complexity index is 848. The molecule has 1 atom stereocenters. The molecule has 0 aromatic heterocycles. The fourth-order valence-corrected chi connectivity index (χ4v) is 4.71. The number of quaternary nitrogens is 1. The second kappa shape index (κ2) is 18.0. The molecule has 4 heteroatoms. The van der Waals surface area contributed by atoms with Gasteiger partial charge in [-0.15, -0.1) is 0 Å². The summed E-state index contributed by atoms with van der Waals surface area (Å²) in [6.45, 7) is 6.61. The lowest BCUT2D eigenvalue weighted by molar-refractivity contribution is -0.903. The maximum atomic E-state index is 12.2. The summed E-state index contributed by atoms with van der Waals surface area (Å²) >= 11 is 0. The first-order chi connectivity index (χ1) is 17.9. The van der Waals surface area contributed by atoms with E-state index in [4.69, 9.17) is 9.47 Å². The predicted molar refractivity (Wildman–Crippen MR) is 155 cm³/mol. The van der Waals surface area contributed by atoms with Crippen LogP contribution in [0.25, 0.3) is 0 Å². The van der Waals surface area contributed by atoms with Crippen molar-refractivity contribution in [3.8, 4) is 5.75 Å². The highest BCUT2D eigenvalue weighted by atomic mass is 16.5. The van der Waals surface area contributed by atoms with Crippen LogP contribution in [0.2, 0.25) is 0 Å². The van der Waals surface area contributed by atoms with Crippen LogP contribution in [-0.4, -0.2) is 43.8 Å². The molecule has 1 unspecified atom stereocenters. The number of hydrogen-bond donors (Lipinski definition) is 0. The molecule has 0 aliphatic carbocycles. The third-order valence-corrected chi connectivity index (χ3v) is 6.96. The molecule has 0 fully saturated rings. The van der Waals surface area contributed by atoms with Gasteiger partial charge in [0, 0.05) is 18.4 Å². The highest BCUT2D eigenvalue weighted by molar-refractivity contribution is 5.69. The standard InChI is InChI=1S/C33H52NO3/c1-5-6-7-8-9-10-11-13-17-30-21-23-32(24-22-30)37-29(2)25-27-36-33(35)20-16-26-34(3,4)28-31-18-14-12-15-19-31/h12,14-15,18-19,21-24,29H,5-11,13,16-17,20,25-28H2,1-4H3/q+1. The Kier molecular flexibility index (Phi) is 15.0. The molecule has 0 radical (unpaired) electrons. The Labute approximate surface area is 227 Å². The average molecular weight is 511 g/mol. The van der Waals surface area contributed by atoms with Crippen LogP contribution in [0.15, 0.2) is 54.6 Å². The van der Waals surface area contributed by atoms with Crippen LogP contribution < -0.4 is 4.74 Å². The number of benzene rings is 2. The van der Waals surface area contributed by atoms with Gasteiger partial charge in [-0.05, 0) is 37.5 Å². The summed E-state index contributed by atoms with van der Waals surface area (Å²) in [6, 6.07) is 19.0. The van der Waals surface area contributed by atoms with Crippen LogP contribution in [0, 0.1) is 0 Å². The van der Waals surface area contributed by atoms with E-state index in [9.17, 15) is 4.79 Å². The van der Waals surface area contributed by atoms with E-state index >= 15 is 0 Å². The van der Waals surface area contributed by atoms with Gasteiger partial charge in [-0.1, -0.05) is 94.3 Å². The van der Waals surface area contributed by atoms with Crippen LogP contribution in [-0.2, 0) is 22.5 Å². The van der Waals surface area contributed by atoms with Gasteiger partial charge in [-0.2, -0.15) is 0 Å². The molecule has 0 spiro atoms. The van der Waals surface area contributed by atoms with E-state index in [-0.39, 0.29) is 12.1 Å². The van der Waals surface area contributed by atoms with Crippen molar-refractivity contribution in [1.29, 1.82) is 0 Å². The number of hydrogen-bond acceptors (Lipinski definition) is 3. The number of esters is 1. The summed E-state index contributed by atoms with van der Waals surface area (Å²) in [5.74, 6) is 0.772. The molecule has 0 N–H and O–H groups in total. The molecule has 2 aromatic rings. The molecular weight excluding hydrogens is 458 g/mol. The number of unbranched alkanes of at least 4 members (excludes halogenated alkanes) is 7. The minimum absolute atomic E-state index is 0.00725. The Morgan fingerprint density at radius 2 is 1.46 bits per heavy atom. The Morgan fingerprint density at radius 3 is 2.14 bits per heavy atom. The van der Waals surface area contributed by atoms with Gasteiger partial charge in [-0.25, -0.2) is 0 Å². The highest BCUT2D eigenvalue weighted by Crippen LogP contribution is 2.17. The Morgan fingerprint density at radius 1 is 0.811 bits per heavy atom. The van der Waals surface area contributed by atoms with Crippen LogP contribution in [0.1, 0.15) is 95.6 Å². The van der Waals surface area contributed by atoms with E-state index in [0.29, 0.717) is 19.4 Å². The zero-order valence-electron chi connectivity index (χ0n) is 24.1. The number of nitrogens with zero attached hydrogens (tertiary/aromatic N) is 1. The van der Waals surface area contributed by atoms with Crippen molar-refractivity contribution < 1.29 is 18.8 Å². The van der Waals surface area contributed by atoms with Gasteiger partial charge in [0.2, 0.25) is 0 Å². The lowest BCUT2D eigenvalue weighted by Crippen LogP contribution is -2.39. The van der Waals surface area contributed by atoms with Gasteiger partial charge >= 0.3 is 5.97 Å².